The summed E-state index contributed by atoms with van der Waals surface area (Å²) in [6.07, 6.45) is 1.45. The third-order valence-electron chi connectivity index (χ3n) is 3.61. The first-order chi connectivity index (χ1) is 9.60. The summed E-state index contributed by atoms with van der Waals surface area (Å²) in [5, 5.41) is 8.92. The minimum absolute atomic E-state index is 0.345. The lowest BCUT2D eigenvalue weighted by Gasteiger charge is -2.29. The molecule has 0 radical (unpaired) electrons. The van der Waals surface area contributed by atoms with E-state index in [0.717, 1.165) is 12.0 Å². The first kappa shape index (κ1) is 14.4. The number of nitrogens with zero attached hydrogens (tertiary/aromatic N) is 1. The lowest BCUT2D eigenvalue weighted by atomic mass is 9.97. The van der Waals surface area contributed by atoms with Crippen LogP contribution in [0.2, 0.25) is 0 Å². The number of carbonyl (C=O) groups excluding carboxylic acids is 1. The molecule has 0 bridgehead atoms. The molecule has 0 aliphatic carbocycles. The lowest BCUT2D eigenvalue weighted by molar-refractivity contribution is -0.143. The molecule has 20 heavy (non-hydrogen) atoms. The first-order valence-electron chi connectivity index (χ1n) is 6.88. The first-order valence-corrected chi connectivity index (χ1v) is 6.88. The summed E-state index contributed by atoms with van der Waals surface area (Å²) < 4.78 is 5.33. The van der Waals surface area contributed by atoms with Gasteiger partial charge in [0.25, 0.3) is 0 Å². The van der Waals surface area contributed by atoms with Crippen LogP contribution in [0.3, 0.4) is 0 Å². The Morgan fingerprint density at radius 2 is 2.05 bits per heavy atom. The zero-order chi connectivity index (χ0) is 14.5. The van der Waals surface area contributed by atoms with Gasteiger partial charge in [0.2, 0.25) is 0 Å². The number of ether oxygens (including phenoxy) is 1. The number of aliphatic carboxylic acids is 1. The van der Waals surface area contributed by atoms with Gasteiger partial charge in [-0.2, -0.15) is 0 Å². The maximum absolute atomic E-state index is 12.0. The van der Waals surface area contributed by atoms with E-state index in [1.165, 1.54) is 0 Å². The highest BCUT2D eigenvalue weighted by molar-refractivity contribution is 5.73. The van der Waals surface area contributed by atoms with Crippen LogP contribution in [-0.4, -0.2) is 35.2 Å². The standard InChI is InChI=1S/C15H19NO4/c1-2-11-4-3-5-13(10-11)20-15(19)16-8-6-12(7-9-16)14(17)18/h3-5,10,12H,2,6-9H2,1H3,(H,17,18). The number of likely N-dealkylation sites (tertiary alicyclic amines) is 1. The minimum atomic E-state index is -0.784. The molecule has 0 spiro atoms. The molecule has 0 aromatic heterocycles. The molecule has 0 unspecified atom stereocenters. The molecule has 1 fully saturated rings. The maximum Gasteiger partial charge on any atom is 0.415 e. The van der Waals surface area contributed by atoms with Crippen LogP contribution in [0.25, 0.3) is 0 Å². The van der Waals surface area contributed by atoms with Crippen molar-refractivity contribution in [1.29, 1.82) is 0 Å². The Kier molecular flexibility index (Phi) is 4.61. The maximum atomic E-state index is 12.0. The summed E-state index contributed by atoms with van der Waals surface area (Å²) in [6, 6.07) is 7.44. The highest BCUT2D eigenvalue weighted by Crippen LogP contribution is 2.20. The predicted molar refractivity (Wildman–Crippen MR) is 73.8 cm³/mol. The van der Waals surface area contributed by atoms with Crippen LogP contribution in [0.1, 0.15) is 25.3 Å². The molecule has 1 aromatic carbocycles. The van der Waals surface area contributed by atoms with E-state index in [1.807, 2.05) is 25.1 Å². The summed E-state index contributed by atoms with van der Waals surface area (Å²) in [7, 11) is 0. The van der Waals surface area contributed by atoms with Gasteiger partial charge >= 0.3 is 12.1 Å². The van der Waals surface area contributed by atoms with Gasteiger partial charge in [-0.1, -0.05) is 19.1 Å². The third-order valence-corrected chi connectivity index (χ3v) is 3.61. The summed E-state index contributed by atoms with van der Waals surface area (Å²) in [6.45, 7) is 2.91. The molecule has 1 aliphatic rings. The van der Waals surface area contributed by atoms with Gasteiger partial charge in [0.05, 0.1) is 5.92 Å². The number of carboxylic acid groups (broad SMARTS) is 1. The Balaban J connectivity index is 1.91. The van der Waals surface area contributed by atoms with Gasteiger partial charge in [-0.05, 0) is 37.0 Å². The Hall–Kier alpha value is -2.04. The number of carboxylic acids is 1. The van der Waals surface area contributed by atoms with E-state index in [4.69, 9.17) is 9.84 Å². The van der Waals surface area contributed by atoms with Gasteiger partial charge in [0.15, 0.2) is 0 Å². The topological polar surface area (TPSA) is 66.8 Å². The van der Waals surface area contributed by atoms with Crippen LogP contribution in [0, 0.1) is 5.92 Å². The fourth-order valence-corrected chi connectivity index (χ4v) is 2.30. The molecule has 0 atom stereocenters. The van der Waals surface area contributed by atoms with Crippen LogP contribution in [-0.2, 0) is 11.2 Å². The van der Waals surface area contributed by atoms with Crippen LogP contribution in [0.4, 0.5) is 4.79 Å². The minimum Gasteiger partial charge on any atom is -0.481 e. The molecular weight excluding hydrogens is 258 g/mol. The fraction of sp³-hybridized carbons (Fsp3) is 0.467. The molecule has 1 N–H and O–H groups in total. The van der Waals surface area contributed by atoms with E-state index in [0.29, 0.717) is 31.7 Å². The van der Waals surface area contributed by atoms with Gasteiger partial charge < -0.3 is 14.7 Å². The second-order valence-electron chi connectivity index (χ2n) is 4.97. The van der Waals surface area contributed by atoms with Gasteiger partial charge in [-0.25, -0.2) is 4.79 Å². The van der Waals surface area contributed by atoms with Gasteiger partial charge in [-0.15, -0.1) is 0 Å². The Morgan fingerprint density at radius 1 is 1.35 bits per heavy atom. The van der Waals surface area contributed by atoms with Gasteiger partial charge in [-0.3, -0.25) is 4.79 Å². The van der Waals surface area contributed by atoms with E-state index in [2.05, 4.69) is 0 Å². The lowest BCUT2D eigenvalue weighted by Crippen LogP contribution is -2.41. The molecular formula is C15H19NO4. The third kappa shape index (κ3) is 3.50. The fourth-order valence-electron chi connectivity index (χ4n) is 2.30. The molecule has 1 aliphatic heterocycles. The van der Waals surface area contributed by atoms with Gasteiger partial charge in [0.1, 0.15) is 5.75 Å². The quantitative estimate of drug-likeness (QED) is 0.922. The van der Waals surface area contributed by atoms with Crippen molar-refractivity contribution in [2.75, 3.05) is 13.1 Å². The number of hydrogen-bond acceptors (Lipinski definition) is 3. The molecule has 1 amide bonds. The van der Waals surface area contributed by atoms with Crippen LogP contribution in [0.5, 0.6) is 5.75 Å². The van der Waals surface area contributed by atoms with E-state index in [-0.39, 0.29) is 5.92 Å². The molecule has 1 saturated heterocycles. The highest BCUT2D eigenvalue weighted by Gasteiger charge is 2.27. The van der Waals surface area contributed by atoms with Crippen molar-refractivity contribution in [3.05, 3.63) is 29.8 Å². The molecule has 2 rings (SSSR count). The Labute approximate surface area is 118 Å². The zero-order valence-corrected chi connectivity index (χ0v) is 11.5. The number of benzene rings is 1. The van der Waals surface area contributed by atoms with E-state index in [1.54, 1.807) is 11.0 Å². The van der Waals surface area contributed by atoms with Crippen molar-refractivity contribution in [3.8, 4) is 5.75 Å². The van der Waals surface area contributed by atoms with Crippen molar-refractivity contribution in [2.24, 2.45) is 5.92 Å². The van der Waals surface area contributed by atoms with Crippen molar-refractivity contribution < 1.29 is 19.4 Å². The Morgan fingerprint density at radius 3 is 2.65 bits per heavy atom. The number of aryl methyl sites for hydroxylation is 1. The SMILES string of the molecule is CCc1cccc(OC(=O)N2CCC(C(=O)O)CC2)c1. The average Bonchev–Trinajstić information content (AvgIpc) is 2.47. The molecule has 1 heterocycles. The number of carbonyl (C=O) groups is 2. The number of piperidine rings is 1. The predicted octanol–water partition coefficient (Wildman–Crippen LogP) is 2.54. The van der Waals surface area contributed by atoms with Crippen LogP contribution < -0.4 is 4.74 Å². The van der Waals surface area contributed by atoms with Crippen molar-refractivity contribution >= 4 is 12.1 Å². The number of amides is 1. The second kappa shape index (κ2) is 6.41. The summed E-state index contributed by atoms with van der Waals surface area (Å²) in [5.41, 5.74) is 1.11. The van der Waals surface area contributed by atoms with E-state index >= 15 is 0 Å². The van der Waals surface area contributed by atoms with Crippen LogP contribution in [0.15, 0.2) is 24.3 Å². The number of hydrogen-bond donors (Lipinski definition) is 1. The average molecular weight is 277 g/mol. The summed E-state index contributed by atoms with van der Waals surface area (Å²) >= 11 is 0. The number of rotatable bonds is 3. The zero-order valence-electron chi connectivity index (χ0n) is 11.5. The molecule has 0 saturated carbocycles. The molecule has 108 valence electrons. The Bertz CT molecular complexity index is 492. The monoisotopic (exact) mass is 277 g/mol. The van der Waals surface area contributed by atoms with Gasteiger partial charge in [0, 0.05) is 13.1 Å². The van der Waals surface area contributed by atoms with Crippen LogP contribution >= 0.6 is 0 Å². The summed E-state index contributed by atoms with van der Waals surface area (Å²) in [4.78, 5) is 24.4. The smallest absolute Gasteiger partial charge is 0.415 e. The van der Waals surface area contributed by atoms with Crippen molar-refractivity contribution in [1.82, 2.24) is 4.90 Å². The second-order valence-corrected chi connectivity index (χ2v) is 4.97. The van der Waals surface area contributed by atoms with Crippen molar-refractivity contribution in [3.63, 3.8) is 0 Å². The van der Waals surface area contributed by atoms with E-state index in [9.17, 15) is 9.59 Å². The summed E-state index contributed by atoms with van der Waals surface area (Å²) in [5.74, 6) is -0.592. The van der Waals surface area contributed by atoms with E-state index < -0.39 is 12.1 Å². The normalized spacial score (nSPS) is 15.9. The highest BCUT2D eigenvalue weighted by atomic mass is 16.6. The van der Waals surface area contributed by atoms with Crippen molar-refractivity contribution in [2.45, 2.75) is 26.2 Å². The molecule has 5 heteroatoms. The molecule has 1 aromatic rings. The largest absolute Gasteiger partial charge is 0.481 e. The molecule has 5 nitrogen and oxygen atoms in total.